The van der Waals surface area contributed by atoms with E-state index in [4.69, 9.17) is 10.1 Å². The summed E-state index contributed by atoms with van der Waals surface area (Å²) in [5.74, 6) is -0.619. The highest BCUT2D eigenvalue weighted by Crippen LogP contribution is 2.26. The maximum atomic E-state index is 14.3. The molecule has 2 heterocycles. The molecule has 0 aliphatic carbocycles. The van der Waals surface area contributed by atoms with Crippen molar-refractivity contribution in [2.24, 2.45) is 0 Å². The van der Waals surface area contributed by atoms with Gasteiger partial charge in [-0.25, -0.2) is 4.39 Å². The predicted molar refractivity (Wildman–Crippen MR) is 117 cm³/mol. The van der Waals surface area contributed by atoms with E-state index in [1.165, 1.54) is 24.4 Å². The van der Waals surface area contributed by atoms with Gasteiger partial charge in [0.15, 0.2) is 0 Å². The van der Waals surface area contributed by atoms with E-state index in [9.17, 15) is 14.4 Å². The number of nitrogens with zero attached hydrogens (tertiary/aromatic N) is 2. The third kappa shape index (κ3) is 4.17. The Morgan fingerprint density at radius 2 is 1.90 bits per heavy atom. The Hall–Kier alpha value is -3.96. The normalized spacial score (nSPS) is 13.5. The summed E-state index contributed by atoms with van der Waals surface area (Å²) in [5.41, 5.74) is 1.45. The number of halogens is 1. The molecule has 1 fully saturated rings. The van der Waals surface area contributed by atoms with E-state index >= 15 is 0 Å². The van der Waals surface area contributed by atoms with Gasteiger partial charge in [0.05, 0.1) is 41.4 Å². The van der Waals surface area contributed by atoms with Crippen LogP contribution < -0.4 is 15.8 Å². The smallest absolute Gasteiger partial charge is 0.259 e. The fraction of sp³-hybridized carbons (Fsp3) is 0.174. The van der Waals surface area contributed by atoms with Crippen LogP contribution in [0.4, 0.5) is 21.5 Å². The lowest BCUT2D eigenvalue weighted by molar-refractivity contribution is 0.122. The molecule has 7 nitrogen and oxygen atoms in total. The molecule has 0 radical (unpaired) electrons. The maximum Gasteiger partial charge on any atom is 0.259 e. The fourth-order valence-electron chi connectivity index (χ4n) is 3.51. The zero-order valence-electron chi connectivity index (χ0n) is 16.6. The number of ether oxygens (including phenoxy) is 1. The minimum absolute atomic E-state index is 0.00674. The van der Waals surface area contributed by atoms with Crippen LogP contribution in [0.3, 0.4) is 0 Å². The molecule has 156 valence electrons. The first-order valence-electron chi connectivity index (χ1n) is 9.78. The molecule has 0 atom stereocenters. The molecule has 1 saturated heterocycles. The number of nitriles is 1. The molecular weight excluding hydrogens is 397 g/mol. The van der Waals surface area contributed by atoms with E-state index in [0.717, 1.165) is 18.8 Å². The highest BCUT2D eigenvalue weighted by Gasteiger charge is 2.18. The number of rotatable bonds is 5. The van der Waals surface area contributed by atoms with E-state index in [1.54, 1.807) is 18.2 Å². The summed E-state index contributed by atoms with van der Waals surface area (Å²) in [6, 6.07) is 15.0. The molecule has 8 heteroatoms. The zero-order chi connectivity index (χ0) is 21.8. The lowest BCUT2D eigenvalue weighted by Gasteiger charge is -2.29. The van der Waals surface area contributed by atoms with Crippen LogP contribution in [0.2, 0.25) is 0 Å². The first-order chi connectivity index (χ1) is 15.1. The number of H-pyrrole nitrogens is 1. The number of para-hydroxylation sites is 1. The molecule has 31 heavy (non-hydrogen) atoms. The van der Waals surface area contributed by atoms with Crippen molar-refractivity contribution in [1.29, 1.82) is 10.7 Å². The van der Waals surface area contributed by atoms with Crippen molar-refractivity contribution in [2.75, 3.05) is 36.5 Å². The van der Waals surface area contributed by atoms with Crippen LogP contribution in [0.1, 0.15) is 16.7 Å². The lowest BCUT2D eigenvalue weighted by Crippen LogP contribution is -2.36. The van der Waals surface area contributed by atoms with Gasteiger partial charge in [0.2, 0.25) is 0 Å². The maximum absolute atomic E-state index is 14.3. The zero-order valence-corrected chi connectivity index (χ0v) is 16.6. The molecule has 1 aromatic heterocycles. The minimum Gasteiger partial charge on any atom is -0.378 e. The Kier molecular flexibility index (Phi) is 5.78. The molecular formula is C23H20FN5O2. The Balaban J connectivity index is 1.67. The number of nitrogens with one attached hydrogen (secondary N) is 3. The summed E-state index contributed by atoms with van der Waals surface area (Å²) in [6.45, 7) is 2.94. The molecule has 1 aliphatic rings. The third-order valence-electron chi connectivity index (χ3n) is 5.14. The number of hydrogen-bond acceptors (Lipinski definition) is 6. The van der Waals surface area contributed by atoms with Gasteiger partial charge in [0, 0.05) is 30.5 Å². The van der Waals surface area contributed by atoms with Gasteiger partial charge in [-0.2, -0.15) is 5.26 Å². The minimum atomic E-state index is -0.619. The second-order valence-corrected chi connectivity index (χ2v) is 7.02. The monoisotopic (exact) mass is 417 g/mol. The van der Waals surface area contributed by atoms with Crippen LogP contribution in [0.5, 0.6) is 0 Å². The van der Waals surface area contributed by atoms with Crippen molar-refractivity contribution >= 4 is 22.8 Å². The number of aromatic amines is 1. The van der Waals surface area contributed by atoms with Gasteiger partial charge in [-0.05, 0) is 30.3 Å². The van der Waals surface area contributed by atoms with Gasteiger partial charge < -0.3 is 19.9 Å². The SMILES string of the molecule is N#Cc1cccc(F)c1Nc1cc[nH]c(=O)c1C(=N)c1ccc(N2CCOCC2)cc1. The summed E-state index contributed by atoms with van der Waals surface area (Å²) in [5, 5.41) is 20.8. The third-order valence-corrected chi connectivity index (χ3v) is 5.14. The molecule has 0 amide bonds. The van der Waals surface area contributed by atoms with Crippen molar-refractivity contribution in [3.05, 3.63) is 87.6 Å². The van der Waals surface area contributed by atoms with E-state index in [-0.39, 0.29) is 28.2 Å². The number of hydrogen-bond donors (Lipinski definition) is 3. The highest BCUT2D eigenvalue weighted by molar-refractivity contribution is 6.14. The lowest BCUT2D eigenvalue weighted by atomic mass is 10.0. The Bertz CT molecular complexity index is 1210. The molecule has 1 aliphatic heterocycles. The molecule has 0 saturated carbocycles. The summed E-state index contributed by atoms with van der Waals surface area (Å²) >= 11 is 0. The average molecular weight is 417 g/mol. The highest BCUT2D eigenvalue weighted by atomic mass is 19.1. The summed E-state index contributed by atoms with van der Waals surface area (Å²) in [6.07, 6.45) is 1.41. The number of morpholine rings is 1. The van der Waals surface area contributed by atoms with Gasteiger partial charge in [-0.3, -0.25) is 10.2 Å². The molecule has 0 unspecified atom stereocenters. The van der Waals surface area contributed by atoms with Crippen LogP contribution in [0.15, 0.2) is 59.5 Å². The van der Waals surface area contributed by atoms with Crippen LogP contribution in [0, 0.1) is 22.6 Å². The summed E-state index contributed by atoms with van der Waals surface area (Å²) in [4.78, 5) is 17.3. The van der Waals surface area contributed by atoms with Crippen LogP contribution >= 0.6 is 0 Å². The average Bonchev–Trinajstić information content (AvgIpc) is 2.81. The first kappa shape index (κ1) is 20.3. The van der Waals surface area contributed by atoms with E-state index < -0.39 is 11.4 Å². The Morgan fingerprint density at radius 3 is 2.61 bits per heavy atom. The Labute approximate surface area is 178 Å². The molecule has 0 bridgehead atoms. The summed E-state index contributed by atoms with van der Waals surface area (Å²) in [7, 11) is 0. The quantitative estimate of drug-likeness (QED) is 0.552. The number of aromatic nitrogens is 1. The standard InChI is InChI=1S/C23H20FN5O2/c24-18-3-1-2-16(14-25)22(18)28-19-8-9-27-23(30)20(19)21(26)15-4-6-17(7-5-15)29-10-12-31-13-11-29/h1-9,26H,10-13H2,(H2,27,28,30). The van der Waals surface area contributed by atoms with Crippen molar-refractivity contribution in [3.63, 3.8) is 0 Å². The molecule has 0 spiro atoms. The number of anilines is 3. The topological polar surface area (TPSA) is 105 Å². The molecule has 3 N–H and O–H groups in total. The predicted octanol–water partition coefficient (Wildman–Crippen LogP) is 3.38. The second-order valence-electron chi connectivity index (χ2n) is 7.02. The van der Waals surface area contributed by atoms with Gasteiger partial charge in [0.25, 0.3) is 5.56 Å². The van der Waals surface area contributed by atoms with E-state index in [0.29, 0.717) is 18.8 Å². The fourth-order valence-corrected chi connectivity index (χ4v) is 3.51. The van der Waals surface area contributed by atoms with Crippen LogP contribution in [-0.4, -0.2) is 37.0 Å². The van der Waals surface area contributed by atoms with Crippen LogP contribution in [0.25, 0.3) is 0 Å². The molecule has 2 aromatic carbocycles. The van der Waals surface area contributed by atoms with Gasteiger partial charge in [0.1, 0.15) is 11.9 Å². The number of pyridine rings is 1. The summed E-state index contributed by atoms with van der Waals surface area (Å²) < 4.78 is 19.7. The molecule has 4 rings (SSSR count). The number of benzene rings is 2. The van der Waals surface area contributed by atoms with Crippen LogP contribution in [-0.2, 0) is 4.74 Å². The second kappa shape index (κ2) is 8.81. The Morgan fingerprint density at radius 1 is 1.16 bits per heavy atom. The van der Waals surface area contributed by atoms with Gasteiger partial charge in [-0.1, -0.05) is 18.2 Å². The van der Waals surface area contributed by atoms with Crippen molar-refractivity contribution in [2.45, 2.75) is 0 Å². The molecule has 3 aromatic rings. The van der Waals surface area contributed by atoms with E-state index in [2.05, 4.69) is 15.2 Å². The van der Waals surface area contributed by atoms with Gasteiger partial charge in [-0.15, -0.1) is 0 Å². The largest absolute Gasteiger partial charge is 0.378 e. The van der Waals surface area contributed by atoms with Crippen molar-refractivity contribution in [1.82, 2.24) is 4.98 Å². The van der Waals surface area contributed by atoms with E-state index in [1.807, 2.05) is 18.2 Å². The van der Waals surface area contributed by atoms with Crippen molar-refractivity contribution < 1.29 is 9.13 Å². The van der Waals surface area contributed by atoms with Gasteiger partial charge >= 0.3 is 0 Å². The van der Waals surface area contributed by atoms with Crippen molar-refractivity contribution in [3.8, 4) is 6.07 Å². The first-order valence-corrected chi connectivity index (χ1v) is 9.78.